The first-order chi connectivity index (χ1) is 8.34. The number of H-pyrrole nitrogens is 1. The summed E-state index contributed by atoms with van der Waals surface area (Å²) in [6.45, 7) is 0. The molecular weight excluding hydrogens is 210 g/mol. The van der Waals surface area contributed by atoms with Gasteiger partial charge < -0.3 is 4.98 Å². The molecule has 2 aromatic carbocycles. The second-order valence-corrected chi connectivity index (χ2v) is 4.34. The maximum atomic E-state index is 12.2. The first-order valence-corrected chi connectivity index (χ1v) is 5.60. The van der Waals surface area contributed by atoms with Gasteiger partial charge in [-0.15, -0.1) is 0 Å². The molecule has 0 fully saturated rings. The van der Waals surface area contributed by atoms with Crippen molar-refractivity contribution < 1.29 is 4.79 Å². The Morgan fingerprint density at radius 1 is 0.824 bits per heavy atom. The van der Waals surface area contributed by atoms with Crippen LogP contribution in [0.25, 0.3) is 22.0 Å². The molecule has 0 spiro atoms. The summed E-state index contributed by atoms with van der Waals surface area (Å²) < 4.78 is 0. The van der Waals surface area contributed by atoms with Crippen molar-refractivity contribution >= 4 is 16.7 Å². The summed E-state index contributed by atoms with van der Waals surface area (Å²) in [5.74, 6) is 0.132. The van der Waals surface area contributed by atoms with Gasteiger partial charge in [-0.1, -0.05) is 24.3 Å². The lowest BCUT2D eigenvalue weighted by molar-refractivity contribution is 0.104. The minimum Gasteiger partial charge on any atom is -0.361 e. The van der Waals surface area contributed by atoms with E-state index in [1.807, 2.05) is 42.6 Å². The molecule has 4 rings (SSSR count). The van der Waals surface area contributed by atoms with Crippen LogP contribution in [0.1, 0.15) is 15.9 Å². The predicted octanol–water partition coefficient (Wildman–Crippen LogP) is 3.38. The molecule has 1 aromatic heterocycles. The highest BCUT2D eigenvalue weighted by atomic mass is 16.1. The van der Waals surface area contributed by atoms with E-state index in [1.165, 1.54) is 0 Å². The Bertz CT molecular complexity index is 767. The van der Waals surface area contributed by atoms with Crippen LogP contribution in [0, 0.1) is 0 Å². The van der Waals surface area contributed by atoms with Gasteiger partial charge in [0.25, 0.3) is 0 Å². The monoisotopic (exact) mass is 219 g/mol. The average molecular weight is 219 g/mol. The van der Waals surface area contributed by atoms with E-state index < -0.39 is 0 Å². The number of ketones is 1. The molecule has 0 amide bonds. The lowest BCUT2D eigenvalue weighted by Gasteiger charge is -1.99. The predicted molar refractivity (Wildman–Crippen MR) is 67.2 cm³/mol. The van der Waals surface area contributed by atoms with Crippen molar-refractivity contribution in [1.29, 1.82) is 0 Å². The number of nitrogens with one attached hydrogen (secondary N) is 1. The number of hydrogen-bond donors (Lipinski definition) is 1. The molecule has 80 valence electrons. The van der Waals surface area contributed by atoms with Gasteiger partial charge in [-0.2, -0.15) is 0 Å². The summed E-state index contributed by atoms with van der Waals surface area (Å²) in [4.78, 5) is 15.4. The molecule has 2 nitrogen and oxygen atoms in total. The lowest BCUT2D eigenvalue weighted by Crippen LogP contribution is -1.94. The normalized spacial score (nSPS) is 12.8. The molecule has 3 aromatic rings. The Morgan fingerprint density at radius 2 is 1.65 bits per heavy atom. The van der Waals surface area contributed by atoms with Gasteiger partial charge in [-0.25, -0.2) is 0 Å². The molecular formula is C15H9NO. The fourth-order valence-corrected chi connectivity index (χ4v) is 2.57. The Morgan fingerprint density at radius 3 is 2.53 bits per heavy atom. The van der Waals surface area contributed by atoms with E-state index in [9.17, 15) is 4.79 Å². The van der Waals surface area contributed by atoms with E-state index in [-0.39, 0.29) is 5.78 Å². The summed E-state index contributed by atoms with van der Waals surface area (Å²) >= 11 is 0. The molecule has 1 aliphatic rings. The number of benzene rings is 2. The van der Waals surface area contributed by atoms with Crippen LogP contribution in [-0.2, 0) is 0 Å². The van der Waals surface area contributed by atoms with Gasteiger partial charge in [-0.05, 0) is 29.3 Å². The van der Waals surface area contributed by atoms with Gasteiger partial charge >= 0.3 is 0 Å². The standard InChI is InChI=1S/C15H9NO/c17-15-11-4-2-1-3-10(11)12-7-9-5-6-16-14(9)8-13(12)15/h1-8,16H. The number of aromatic nitrogens is 1. The zero-order valence-corrected chi connectivity index (χ0v) is 9.03. The van der Waals surface area contributed by atoms with E-state index >= 15 is 0 Å². The van der Waals surface area contributed by atoms with E-state index in [0.717, 1.165) is 33.2 Å². The number of aromatic amines is 1. The molecule has 0 atom stereocenters. The molecule has 1 aliphatic carbocycles. The molecule has 0 aliphatic heterocycles. The zero-order valence-electron chi connectivity index (χ0n) is 9.03. The fraction of sp³-hybridized carbons (Fsp3) is 0. The van der Waals surface area contributed by atoms with Crippen molar-refractivity contribution in [2.24, 2.45) is 0 Å². The maximum absolute atomic E-state index is 12.2. The second kappa shape index (κ2) is 2.86. The second-order valence-electron chi connectivity index (χ2n) is 4.34. The molecule has 0 bridgehead atoms. The highest BCUT2D eigenvalue weighted by Crippen LogP contribution is 2.38. The first kappa shape index (κ1) is 8.76. The van der Waals surface area contributed by atoms with E-state index in [0.29, 0.717) is 0 Å². The van der Waals surface area contributed by atoms with Crippen LogP contribution in [0.5, 0.6) is 0 Å². The zero-order chi connectivity index (χ0) is 11.4. The summed E-state index contributed by atoms with van der Waals surface area (Å²) in [5, 5.41) is 1.15. The third-order valence-electron chi connectivity index (χ3n) is 3.40. The first-order valence-electron chi connectivity index (χ1n) is 5.60. The van der Waals surface area contributed by atoms with Gasteiger partial charge in [0.2, 0.25) is 0 Å². The summed E-state index contributed by atoms with van der Waals surface area (Å²) in [6.07, 6.45) is 1.90. The quantitative estimate of drug-likeness (QED) is 0.483. The smallest absolute Gasteiger partial charge is 0.194 e. The van der Waals surface area contributed by atoms with Crippen LogP contribution in [0.4, 0.5) is 0 Å². The molecule has 0 saturated heterocycles. The molecule has 0 unspecified atom stereocenters. The van der Waals surface area contributed by atoms with Crippen LogP contribution >= 0.6 is 0 Å². The highest BCUT2D eigenvalue weighted by molar-refractivity contribution is 6.23. The Balaban J connectivity index is 2.16. The van der Waals surface area contributed by atoms with Crippen molar-refractivity contribution in [3.05, 3.63) is 59.8 Å². The number of carbonyl (C=O) groups excluding carboxylic acids is 1. The summed E-state index contributed by atoms with van der Waals surface area (Å²) in [6, 6.07) is 13.9. The fourth-order valence-electron chi connectivity index (χ4n) is 2.57. The number of rotatable bonds is 0. The van der Waals surface area contributed by atoms with Crippen LogP contribution < -0.4 is 0 Å². The van der Waals surface area contributed by atoms with Crippen molar-refractivity contribution in [3.8, 4) is 11.1 Å². The van der Waals surface area contributed by atoms with Crippen molar-refractivity contribution in [3.63, 3.8) is 0 Å². The van der Waals surface area contributed by atoms with Crippen molar-refractivity contribution in [2.75, 3.05) is 0 Å². The van der Waals surface area contributed by atoms with E-state index in [4.69, 9.17) is 0 Å². The Hall–Kier alpha value is -2.35. The van der Waals surface area contributed by atoms with Crippen LogP contribution in [0.15, 0.2) is 48.7 Å². The molecule has 17 heavy (non-hydrogen) atoms. The molecule has 2 heteroatoms. The minimum atomic E-state index is 0.132. The topological polar surface area (TPSA) is 32.9 Å². The highest BCUT2D eigenvalue weighted by Gasteiger charge is 2.26. The van der Waals surface area contributed by atoms with Crippen LogP contribution in [0.2, 0.25) is 0 Å². The van der Waals surface area contributed by atoms with Gasteiger partial charge in [0.1, 0.15) is 0 Å². The van der Waals surface area contributed by atoms with Crippen molar-refractivity contribution in [1.82, 2.24) is 4.98 Å². The minimum absolute atomic E-state index is 0.132. The van der Waals surface area contributed by atoms with Crippen LogP contribution in [0.3, 0.4) is 0 Å². The van der Waals surface area contributed by atoms with Gasteiger partial charge in [0.05, 0.1) is 0 Å². The number of hydrogen-bond acceptors (Lipinski definition) is 1. The van der Waals surface area contributed by atoms with E-state index in [1.54, 1.807) is 0 Å². The molecule has 1 N–H and O–H groups in total. The van der Waals surface area contributed by atoms with Crippen LogP contribution in [-0.4, -0.2) is 10.8 Å². The third kappa shape index (κ3) is 1.02. The van der Waals surface area contributed by atoms with Gasteiger partial charge in [0, 0.05) is 28.2 Å². The summed E-state index contributed by atoms with van der Waals surface area (Å²) in [5.41, 5.74) is 4.74. The SMILES string of the molecule is O=C1c2ccccc2-c2cc3cc[nH]c3cc21. The summed E-state index contributed by atoms with van der Waals surface area (Å²) in [7, 11) is 0. The molecule has 0 radical (unpaired) electrons. The average Bonchev–Trinajstić information content (AvgIpc) is 2.92. The molecule has 0 saturated carbocycles. The van der Waals surface area contributed by atoms with Gasteiger partial charge in [-0.3, -0.25) is 4.79 Å². The van der Waals surface area contributed by atoms with Gasteiger partial charge in [0.15, 0.2) is 5.78 Å². The Labute approximate surface area is 97.9 Å². The molecule has 1 heterocycles. The lowest BCUT2D eigenvalue weighted by atomic mass is 10.0. The largest absolute Gasteiger partial charge is 0.361 e. The van der Waals surface area contributed by atoms with Crippen molar-refractivity contribution in [2.45, 2.75) is 0 Å². The maximum Gasteiger partial charge on any atom is 0.194 e. The van der Waals surface area contributed by atoms with E-state index in [2.05, 4.69) is 11.1 Å². The number of fused-ring (bicyclic) bond motifs is 4. The Kier molecular flexibility index (Phi) is 1.47. The third-order valence-corrected chi connectivity index (χ3v) is 3.40. The number of carbonyl (C=O) groups is 1.